The van der Waals surface area contributed by atoms with Gasteiger partial charge in [-0.15, -0.1) is 0 Å². The third-order valence-electron chi connectivity index (χ3n) is 3.12. The summed E-state index contributed by atoms with van der Waals surface area (Å²) in [6, 6.07) is 8.45. The molecule has 1 amide bonds. The van der Waals surface area contributed by atoms with E-state index in [1.165, 1.54) is 18.4 Å². The van der Waals surface area contributed by atoms with Gasteiger partial charge in [0.1, 0.15) is 0 Å². The minimum atomic E-state index is 0.105. The molecule has 4 nitrogen and oxygen atoms in total. The molecule has 1 aromatic carbocycles. The molecule has 1 aliphatic rings. The van der Waals surface area contributed by atoms with E-state index in [9.17, 15) is 4.79 Å². The first kappa shape index (κ1) is 12.9. The van der Waals surface area contributed by atoms with E-state index < -0.39 is 0 Å². The first-order chi connectivity index (χ1) is 8.69. The molecule has 0 saturated heterocycles. The van der Waals surface area contributed by atoms with Gasteiger partial charge in [0, 0.05) is 24.8 Å². The summed E-state index contributed by atoms with van der Waals surface area (Å²) in [5.74, 6) is 0.105. The van der Waals surface area contributed by atoms with Gasteiger partial charge in [0.2, 0.25) is 5.91 Å². The van der Waals surface area contributed by atoms with Crippen molar-refractivity contribution in [1.29, 1.82) is 0 Å². The maximum atomic E-state index is 11.7. The van der Waals surface area contributed by atoms with Crippen molar-refractivity contribution in [3.05, 3.63) is 29.8 Å². The highest BCUT2D eigenvalue weighted by Gasteiger charge is 2.30. The fourth-order valence-corrected chi connectivity index (χ4v) is 2.12. The Hall–Kier alpha value is -1.55. The maximum absolute atomic E-state index is 11.7. The Labute approximate surface area is 108 Å². The van der Waals surface area contributed by atoms with Gasteiger partial charge in [0.25, 0.3) is 0 Å². The summed E-state index contributed by atoms with van der Waals surface area (Å²) in [6.45, 7) is 3.91. The number of carbonyl (C=O) groups is 1. The van der Waals surface area contributed by atoms with Gasteiger partial charge in [-0.3, -0.25) is 9.69 Å². The van der Waals surface area contributed by atoms with E-state index in [2.05, 4.69) is 16.3 Å². The van der Waals surface area contributed by atoms with Crippen LogP contribution in [0.25, 0.3) is 0 Å². The van der Waals surface area contributed by atoms with Crippen molar-refractivity contribution in [1.82, 2.24) is 10.2 Å². The molecule has 0 atom stereocenters. The summed E-state index contributed by atoms with van der Waals surface area (Å²) in [7, 11) is 0. The van der Waals surface area contributed by atoms with Crippen molar-refractivity contribution in [2.45, 2.75) is 32.4 Å². The number of benzene rings is 1. The Balaban J connectivity index is 1.96. The summed E-state index contributed by atoms with van der Waals surface area (Å²) < 4.78 is 0. The quantitative estimate of drug-likeness (QED) is 0.746. The fraction of sp³-hybridized carbons (Fsp3) is 0.500. The lowest BCUT2D eigenvalue weighted by Gasteiger charge is -2.21. The first-order valence-corrected chi connectivity index (χ1v) is 6.54. The molecule has 18 heavy (non-hydrogen) atoms. The van der Waals surface area contributed by atoms with Gasteiger partial charge in [-0.05, 0) is 37.5 Å². The van der Waals surface area contributed by atoms with Crippen LogP contribution in [0.3, 0.4) is 0 Å². The second-order valence-electron chi connectivity index (χ2n) is 4.83. The fourth-order valence-electron chi connectivity index (χ4n) is 2.12. The molecule has 2 rings (SSSR count). The van der Waals surface area contributed by atoms with Gasteiger partial charge >= 0.3 is 0 Å². The number of carbonyl (C=O) groups excluding carboxylic acids is 1. The third kappa shape index (κ3) is 3.74. The van der Waals surface area contributed by atoms with Crippen LogP contribution in [-0.4, -0.2) is 29.9 Å². The number of hydrogen-bond acceptors (Lipinski definition) is 3. The van der Waals surface area contributed by atoms with E-state index in [-0.39, 0.29) is 5.91 Å². The molecule has 98 valence electrons. The van der Waals surface area contributed by atoms with Crippen LogP contribution in [0.15, 0.2) is 24.3 Å². The molecule has 0 radical (unpaired) electrons. The minimum absolute atomic E-state index is 0.105. The Morgan fingerprint density at radius 3 is 2.89 bits per heavy atom. The zero-order valence-electron chi connectivity index (χ0n) is 10.9. The van der Waals surface area contributed by atoms with Gasteiger partial charge in [0.15, 0.2) is 0 Å². The summed E-state index contributed by atoms with van der Waals surface area (Å²) in [6.07, 6.45) is 2.39. The van der Waals surface area contributed by atoms with Crippen molar-refractivity contribution in [3.63, 3.8) is 0 Å². The normalized spacial score (nSPS) is 14.8. The average molecular weight is 247 g/mol. The molecular formula is C14H21N3O. The van der Waals surface area contributed by atoms with Crippen LogP contribution in [-0.2, 0) is 11.3 Å². The van der Waals surface area contributed by atoms with Crippen LogP contribution in [0.2, 0.25) is 0 Å². The van der Waals surface area contributed by atoms with Gasteiger partial charge in [0.05, 0.1) is 6.54 Å². The lowest BCUT2D eigenvalue weighted by Crippen LogP contribution is -2.38. The number of nitrogens with one attached hydrogen (secondary N) is 1. The monoisotopic (exact) mass is 247 g/mol. The third-order valence-corrected chi connectivity index (χ3v) is 3.12. The number of nitrogens with zero attached hydrogens (tertiary/aromatic N) is 1. The Morgan fingerprint density at radius 1 is 1.50 bits per heavy atom. The van der Waals surface area contributed by atoms with Gasteiger partial charge in [-0.2, -0.15) is 0 Å². The second-order valence-corrected chi connectivity index (χ2v) is 4.83. The zero-order chi connectivity index (χ0) is 13.0. The number of rotatable bonds is 6. The van der Waals surface area contributed by atoms with Crippen molar-refractivity contribution >= 4 is 11.6 Å². The molecule has 0 aromatic heterocycles. The van der Waals surface area contributed by atoms with Crippen LogP contribution in [0.5, 0.6) is 0 Å². The van der Waals surface area contributed by atoms with E-state index in [0.717, 1.165) is 12.2 Å². The summed E-state index contributed by atoms with van der Waals surface area (Å²) in [5, 5.41) is 2.85. The standard InChI is InChI=1S/C14H21N3O/c1-2-16-14(18)10-17(13-6-7-13)9-11-4-3-5-12(15)8-11/h3-5,8,13H,2,6-7,9-10,15H2,1H3,(H,16,18). The van der Waals surface area contributed by atoms with Gasteiger partial charge in [-0.25, -0.2) is 0 Å². The molecule has 0 unspecified atom stereocenters. The predicted molar refractivity (Wildman–Crippen MR) is 73.0 cm³/mol. The second kappa shape index (κ2) is 5.87. The topological polar surface area (TPSA) is 58.4 Å². The highest BCUT2D eigenvalue weighted by molar-refractivity contribution is 5.78. The Kier molecular flexibility index (Phi) is 4.20. The summed E-state index contributed by atoms with van der Waals surface area (Å²) >= 11 is 0. The van der Waals surface area contributed by atoms with Crippen LogP contribution in [0, 0.1) is 0 Å². The average Bonchev–Trinajstić information content (AvgIpc) is 3.12. The van der Waals surface area contributed by atoms with E-state index in [1.54, 1.807) is 0 Å². The Morgan fingerprint density at radius 2 is 2.28 bits per heavy atom. The molecule has 3 N–H and O–H groups in total. The number of nitrogens with two attached hydrogens (primary N) is 1. The van der Waals surface area contributed by atoms with E-state index in [1.807, 2.05) is 25.1 Å². The molecule has 4 heteroatoms. The highest BCUT2D eigenvalue weighted by atomic mass is 16.2. The van der Waals surface area contributed by atoms with Crippen LogP contribution in [0.1, 0.15) is 25.3 Å². The number of likely N-dealkylation sites (N-methyl/N-ethyl adjacent to an activating group) is 1. The lowest BCUT2D eigenvalue weighted by molar-refractivity contribution is -0.122. The molecule has 1 fully saturated rings. The number of nitrogen functional groups attached to an aromatic ring is 1. The number of amides is 1. The van der Waals surface area contributed by atoms with Crippen molar-refractivity contribution in [2.75, 3.05) is 18.8 Å². The summed E-state index contributed by atoms with van der Waals surface area (Å²) in [5.41, 5.74) is 7.73. The highest BCUT2D eigenvalue weighted by Crippen LogP contribution is 2.28. The molecular weight excluding hydrogens is 226 g/mol. The van der Waals surface area contributed by atoms with Crippen LogP contribution in [0.4, 0.5) is 5.69 Å². The molecule has 1 aliphatic carbocycles. The molecule has 0 heterocycles. The van der Waals surface area contributed by atoms with E-state index in [0.29, 0.717) is 19.1 Å². The van der Waals surface area contributed by atoms with Crippen molar-refractivity contribution in [3.8, 4) is 0 Å². The minimum Gasteiger partial charge on any atom is -0.399 e. The Bertz CT molecular complexity index is 415. The molecule has 1 saturated carbocycles. The molecule has 0 bridgehead atoms. The van der Waals surface area contributed by atoms with Crippen molar-refractivity contribution < 1.29 is 4.79 Å². The smallest absolute Gasteiger partial charge is 0.234 e. The number of hydrogen-bond donors (Lipinski definition) is 2. The van der Waals surface area contributed by atoms with E-state index >= 15 is 0 Å². The largest absolute Gasteiger partial charge is 0.399 e. The van der Waals surface area contributed by atoms with Gasteiger partial charge < -0.3 is 11.1 Å². The van der Waals surface area contributed by atoms with Gasteiger partial charge in [-0.1, -0.05) is 12.1 Å². The van der Waals surface area contributed by atoms with Crippen LogP contribution >= 0.6 is 0 Å². The molecule has 0 spiro atoms. The molecule has 0 aliphatic heterocycles. The predicted octanol–water partition coefficient (Wildman–Crippen LogP) is 1.37. The summed E-state index contributed by atoms with van der Waals surface area (Å²) in [4.78, 5) is 13.9. The van der Waals surface area contributed by atoms with Crippen LogP contribution < -0.4 is 11.1 Å². The van der Waals surface area contributed by atoms with Crippen molar-refractivity contribution in [2.24, 2.45) is 0 Å². The first-order valence-electron chi connectivity index (χ1n) is 6.54. The zero-order valence-corrected chi connectivity index (χ0v) is 10.9. The SMILES string of the molecule is CCNC(=O)CN(Cc1cccc(N)c1)C1CC1. The maximum Gasteiger partial charge on any atom is 0.234 e. The lowest BCUT2D eigenvalue weighted by atomic mass is 10.2. The number of anilines is 1. The molecule has 1 aromatic rings. The van der Waals surface area contributed by atoms with E-state index in [4.69, 9.17) is 5.73 Å².